The number of methoxy groups -OCH3 is 1. The number of aliphatic hydroxyl groups excluding tert-OH is 1. The molecule has 0 aromatic heterocycles. The SMILES string of the molecule is COC(C)(C)C(C)Nc1ccccc1C(C)O. The van der Waals surface area contributed by atoms with Crippen LogP contribution in [0, 0.1) is 0 Å². The first kappa shape index (κ1) is 14.0. The van der Waals surface area contributed by atoms with Crippen LogP contribution >= 0.6 is 0 Å². The van der Waals surface area contributed by atoms with Gasteiger partial charge >= 0.3 is 0 Å². The van der Waals surface area contributed by atoms with Gasteiger partial charge in [0.05, 0.1) is 17.7 Å². The first-order valence-electron chi connectivity index (χ1n) is 5.97. The fourth-order valence-electron chi connectivity index (χ4n) is 1.58. The maximum atomic E-state index is 9.71. The average Bonchev–Trinajstić information content (AvgIpc) is 2.29. The summed E-state index contributed by atoms with van der Waals surface area (Å²) in [5.74, 6) is 0. The third-order valence-corrected chi connectivity index (χ3v) is 3.35. The second-order valence-corrected chi connectivity index (χ2v) is 4.94. The van der Waals surface area contributed by atoms with Gasteiger partial charge in [0.2, 0.25) is 0 Å². The van der Waals surface area contributed by atoms with E-state index in [4.69, 9.17) is 4.74 Å². The molecule has 0 heterocycles. The maximum Gasteiger partial charge on any atom is 0.0820 e. The van der Waals surface area contributed by atoms with Crippen LogP contribution in [0.15, 0.2) is 24.3 Å². The summed E-state index contributed by atoms with van der Waals surface area (Å²) < 4.78 is 5.45. The number of ether oxygens (including phenoxy) is 1. The monoisotopic (exact) mass is 237 g/mol. The Bertz CT molecular complexity index is 361. The standard InChI is InChI=1S/C14H23NO2/c1-10(16)12-8-6-7-9-13(12)15-11(2)14(3,4)17-5/h6-11,15-16H,1-5H3. The number of benzene rings is 1. The van der Waals surface area contributed by atoms with E-state index < -0.39 is 6.10 Å². The van der Waals surface area contributed by atoms with Gasteiger partial charge in [0.1, 0.15) is 0 Å². The fraction of sp³-hybridized carbons (Fsp3) is 0.571. The molecule has 2 atom stereocenters. The van der Waals surface area contributed by atoms with Gasteiger partial charge in [-0.1, -0.05) is 18.2 Å². The number of hydrogen-bond donors (Lipinski definition) is 2. The zero-order chi connectivity index (χ0) is 13.1. The molecular weight excluding hydrogens is 214 g/mol. The van der Waals surface area contributed by atoms with E-state index in [0.717, 1.165) is 11.3 Å². The van der Waals surface area contributed by atoms with Gasteiger partial charge in [0.15, 0.2) is 0 Å². The quantitative estimate of drug-likeness (QED) is 0.827. The Morgan fingerprint density at radius 3 is 2.35 bits per heavy atom. The first-order valence-corrected chi connectivity index (χ1v) is 5.97. The minimum Gasteiger partial charge on any atom is -0.389 e. The normalized spacial score (nSPS) is 15.4. The summed E-state index contributed by atoms with van der Waals surface area (Å²) in [6, 6.07) is 7.94. The highest BCUT2D eigenvalue weighted by molar-refractivity contribution is 5.53. The van der Waals surface area contributed by atoms with E-state index in [9.17, 15) is 5.11 Å². The van der Waals surface area contributed by atoms with Gasteiger partial charge < -0.3 is 15.2 Å². The predicted molar refractivity (Wildman–Crippen MR) is 71.2 cm³/mol. The molecule has 0 fully saturated rings. The number of anilines is 1. The van der Waals surface area contributed by atoms with Crippen molar-refractivity contribution in [2.24, 2.45) is 0 Å². The smallest absolute Gasteiger partial charge is 0.0820 e. The molecule has 0 aliphatic rings. The summed E-state index contributed by atoms with van der Waals surface area (Å²) in [6.45, 7) is 7.92. The van der Waals surface area contributed by atoms with Crippen LogP contribution in [0.5, 0.6) is 0 Å². The second kappa shape index (κ2) is 5.52. The molecule has 0 aliphatic carbocycles. The van der Waals surface area contributed by atoms with Gasteiger partial charge in [-0.05, 0) is 33.8 Å². The molecule has 0 spiro atoms. The van der Waals surface area contributed by atoms with Crippen LogP contribution < -0.4 is 5.32 Å². The van der Waals surface area contributed by atoms with Crippen molar-refractivity contribution >= 4 is 5.69 Å². The lowest BCUT2D eigenvalue weighted by molar-refractivity contribution is 0.0107. The second-order valence-electron chi connectivity index (χ2n) is 4.94. The van der Waals surface area contributed by atoms with E-state index >= 15 is 0 Å². The lowest BCUT2D eigenvalue weighted by Gasteiger charge is -2.32. The molecule has 96 valence electrons. The zero-order valence-corrected chi connectivity index (χ0v) is 11.3. The first-order chi connectivity index (χ1) is 7.88. The van der Waals surface area contributed by atoms with Crippen molar-refractivity contribution in [2.75, 3.05) is 12.4 Å². The minimum absolute atomic E-state index is 0.146. The number of aliphatic hydroxyl groups is 1. The van der Waals surface area contributed by atoms with E-state index in [1.807, 2.05) is 38.1 Å². The molecule has 3 heteroatoms. The average molecular weight is 237 g/mol. The summed E-state index contributed by atoms with van der Waals surface area (Å²) in [6.07, 6.45) is -0.475. The summed E-state index contributed by atoms with van der Waals surface area (Å²) in [7, 11) is 1.71. The molecule has 3 nitrogen and oxygen atoms in total. The molecule has 0 saturated carbocycles. The predicted octanol–water partition coefficient (Wildman–Crippen LogP) is 2.97. The Balaban J connectivity index is 2.88. The Hall–Kier alpha value is -1.06. The van der Waals surface area contributed by atoms with Crippen molar-refractivity contribution < 1.29 is 9.84 Å². The summed E-state index contributed by atoms with van der Waals surface area (Å²) >= 11 is 0. The highest BCUT2D eigenvalue weighted by Gasteiger charge is 2.25. The Morgan fingerprint density at radius 1 is 1.24 bits per heavy atom. The number of rotatable bonds is 5. The van der Waals surface area contributed by atoms with Crippen LogP contribution in [0.1, 0.15) is 39.4 Å². The van der Waals surface area contributed by atoms with Gasteiger partial charge in [-0.3, -0.25) is 0 Å². The van der Waals surface area contributed by atoms with E-state index in [1.54, 1.807) is 14.0 Å². The number of para-hydroxylation sites is 1. The minimum atomic E-state index is -0.475. The molecule has 1 aromatic carbocycles. The van der Waals surface area contributed by atoms with Crippen LogP contribution in [0.3, 0.4) is 0 Å². The van der Waals surface area contributed by atoms with Crippen LogP contribution in [0.4, 0.5) is 5.69 Å². The highest BCUT2D eigenvalue weighted by atomic mass is 16.5. The van der Waals surface area contributed by atoms with Crippen molar-refractivity contribution in [3.05, 3.63) is 29.8 Å². The molecular formula is C14H23NO2. The van der Waals surface area contributed by atoms with Gasteiger partial charge in [0, 0.05) is 18.4 Å². The highest BCUT2D eigenvalue weighted by Crippen LogP contribution is 2.25. The lowest BCUT2D eigenvalue weighted by atomic mass is 9.99. The summed E-state index contributed by atoms with van der Waals surface area (Å²) in [5, 5.41) is 13.1. The van der Waals surface area contributed by atoms with E-state index in [2.05, 4.69) is 12.2 Å². The topological polar surface area (TPSA) is 41.5 Å². The van der Waals surface area contributed by atoms with Crippen LogP contribution in [-0.2, 0) is 4.74 Å². The van der Waals surface area contributed by atoms with Crippen molar-refractivity contribution in [2.45, 2.75) is 45.4 Å². The Labute approximate surface area is 104 Å². The maximum absolute atomic E-state index is 9.71. The van der Waals surface area contributed by atoms with Crippen molar-refractivity contribution in [1.29, 1.82) is 0 Å². The molecule has 0 aliphatic heterocycles. The summed E-state index contributed by atoms with van der Waals surface area (Å²) in [5.41, 5.74) is 1.61. The molecule has 1 rings (SSSR count). The zero-order valence-electron chi connectivity index (χ0n) is 11.3. The van der Waals surface area contributed by atoms with Crippen molar-refractivity contribution in [3.63, 3.8) is 0 Å². The largest absolute Gasteiger partial charge is 0.389 e. The number of hydrogen-bond acceptors (Lipinski definition) is 3. The van der Waals surface area contributed by atoms with Gasteiger partial charge in [-0.2, -0.15) is 0 Å². The van der Waals surface area contributed by atoms with E-state index in [1.165, 1.54) is 0 Å². The third-order valence-electron chi connectivity index (χ3n) is 3.35. The molecule has 17 heavy (non-hydrogen) atoms. The molecule has 2 N–H and O–H groups in total. The van der Waals surface area contributed by atoms with Crippen molar-refractivity contribution in [1.82, 2.24) is 0 Å². The Morgan fingerprint density at radius 2 is 1.82 bits per heavy atom. The molecule has 2 unspecified atom stereocenters. The van der Waals surface area contributed by atoms with E-state index in [-0.39, 0.29) is 11.6 Å². The fourth-order valence-corrected chi connectivity index (χ4v) is 1.58. The Kier molecular flexibility index (Phi) is 4.54. The lowest BCUT2D eigenvalue weighted by Crippen LogP contribution is -2.41. The molecule has 1 aromatic rings. The summed E-state index contributed by atoms with van der Waals surface area (Å²) in [4.78, 5) is 0. The molecule has 0 amide bonds. The van der Waals surface area contributed by atoms with Gasteiger partial charge in [-0.25, -0.2) is 0 Å². The van der Waals surface area contributed by atoms with Crippen LogP contribution in [0.25, 0.3) is 0 Å². The van der Waals surface area contributed by atoms with Crippen LogP contribution in [0.2, 0.25) is 0 Å². The molecule has 0 saturated heterocycles. The third kappa shape index (κ3) is 3.45. The van der Waals surface area contributed by atoms with E-state index in [0.29, 0.717) is 0 Å². The van der Waals surface area contributed by atoms with Crippen LogP contribution in [-0.4, -0.2) is 23.9 Å². The molecule has 0 radical (unpaired) electrons. The van der Waals surface area contributed by atoms with Gasteiger partial charge in [0.25, 0.3) is 0 Å². The van der Waals surface area contributed by atoms with Crippen molar-refractivity contribution in [3.8, 4) is 0 Å². The molecule has 0 bridgehead atoms. The van der Waals surface area contributed by atoms with Gasteiger partial charge in [-0.15, -0.1) is 0 Å². The number of nitrogens with one attached hydrogen (secondary N) is 1.